The number of carbonyl (C=O) groups is 1. The first-order chi connectivity index (χ1) is 18.5. The normalized spacial score (nSPS) is 18.1. The molecule has 3 heteroatoms. The largest absolute Gasteiger partial charge is 0.425 e. The Morgan fingerprint density at radius 3 is 2.24 bits per heavy atom. The lowest BCUT2D eigenvalue weighted by molar-refractivity contribution is -0.140. The molecule has 1 unspecified atom stereocenters. The lowest BCUT2D eigenvalue weighted by Gasteiger charge is -2.27. The zero-order valence-corrected chi connectivity index (χ0v) is 24.1. The highest BCUT2D eigenvalue weighted by Gasteiger charge is 2.29. The highest BCUT2D eigenvalue weighted by molar-refractivity contribution is 5.76. The summed E-state index contributed by atoms with van der Waals surface area (Å²) in [7, 11) is 0. The van der Waals surface area contributed by atoms with E-state index in [-0.39, 0.29) is 11.9 Å². The maximum absolute atomic E-state index is 13.0. The van der Waals surface area contributed by atoms with Crippen molar-refractivity contribution in [3.8, 4) is 11.8 Å². The third kappa shape index (κ3) is 9.61. The highest BCUT2D eigenvalue weighted by Crippen LogP contribution is 2.37. The lowest BCUT2D eigenvalue weighted by atomic mass is 9.78. The summed E-state index contributed by atoms with van der Waals surface area (Å²) in [5.74, 6) is 1.25. The number of nitriles is 1. The van der Waals surface area contributed by atoms with Crippen LogP contribution in [0.5, 0.6) is 5.75 Å². The Morgan fingerprint density at radius 2 is 1.55 bits per heavy atom. The first kappa shape index (κ1) is 29.9. The number of carbonyl (C=O) groups excluding carboxylic acids is 1. The summed E-state index contributed by atoms with van der Waals surface area (Å²) in [5.41, 5.74) is 4.45. The van der Waals surface area contributed by atoms with E-state index in [1.54, 1.807) is 0 Å². The molecule has 0 radical (unpaired) electrons. The number of rotatable bonds is 15. The molecule has 38 heavy (non-hydrogen) atoms. The quantitative estimate of drug-likeness (QED) is 0.135. The maximum atomic E-state index is 13.0. The van der Waals surface area contributed by atoms with Gasteiger partial charge in [-0.15, -0.1) is 0 Å². The van der Waals surface area contributed by atoms with Crippen molar-refractivity contribution in [1.29, 1.82) is 5.26 Å². The summed E-state index contributed by atoms with van der Waals surface area (Å²) in [6, 6.07) is 17.2. The molecule has 2 aromatic carbocycles. The number of esters is 1. The molecule has 1 aliphatic carbocycles. The fourth-order valence-corrected chi connectivity index (χ4v) is 5.86. The van der Waals surface area contributed by atoms with Gasteiger partial charge in [-0.25, -0.2) is 0 Å². The van der Waals surface area contributed by atoms with Crippen molar-refractivity contribution in [2.24, 2.45) is 11.8 Å². The van der Waals surface area contributed by atoms with Crippen LogP contribution in [0.2, 0.25) is 0 Å². The summed E-state index contributed by atoms with van der Waals surface area (Å²) in [6.07, 6.45) is 17.5. The average Bonchev–Trinajstić information content (AvgIpc) is 2.95. The van der Waals surface area contributed by atoms with Gasteiger partial charge in [0, 0.05) is 0 Å². The fraction of sp³-hybridized carbons (Fsp3) is 0.600. The number of ether oxygens (including phenoxy) is 1. The standard InChI is InChI=1S/C35H49NO2/c1-4-6-8-9-10-11-13-28-14-17-30(18-15-28)31-19-21-32(22-20-31)35(37)38-34-23-16-29(25-33(34)26-36)24-27(3)12-7-5-2/h14-18,23,25,27,31-32H,4-13,19-22,24H2,1-3H3. The van der Waals surface area contributed by atoms with Crippen LogP contribution in [0.15, 0.2) is 42.5 Å². The zero-order valence-electron chi connectivity index (χ0n) is 24.1. The topological polar surface area (TPSA) is 50.1 Å². The van der Waals surface area contributed by atoms with Crippen molar-refractivity contribution >= 4 is 5.97 Å². The average molecular weight is 516 g/mol. The first-order valence-corrected chi connectivity index (χ1v) is 15.4. The monoisotopic (exact) mass is 515 g/mol. The van der Waals surface area contributed by atoms with Gasteiger partial charge in [-0.3, -0.25) is 4.79 Å². The van der Waals surface area contributed by atoms with E-state index in [1.165, 1.54) is 75.3 Å². The number of hydrogen-bond donors (Lipinski definition) is 0. The molecular formula is C35H49NO2. The third-order valence-corrected chi connectivity index (χ3v) is 8.34. The van der Waals surface area contributed by atoms with E-state index < -0.39 is 0 Å². The minimum Gasteiger partial charge on any atom is -0.425 e. The van der Waals surface area contributed by atoms with Crippen LogP contribution in [0.4, 0.5) is 0 Å². The first-order valence-electron chi connectivity index (χ1n) is 15.4. The van der Waals surface area contributed by atoms with E-state index in [4.69, 9.17) is 4.74 Å². The van der Waals surface area contributed by atoms with Crippen LogP contribution in [-0.2, 0) is 17.6 Å². The molecule has 0 spiro atoms. The Labute approximate surface area is 232 Å². The van der Waals surface area contributed by atoms with Crippen molar-refractivity contribution in [3.63, 3.8) is 0 Å². The summed E-state index contributed by atoms with van der Waals surface area (Å²) in [6.45, 7) is 6.74. The van der Waals surface area contributed by atoms with Crippen LogP contribution in [0.3, 0.4) is 0 Å². The highest BCUT2D eigenvalue weighted by atomic mass is 16.5. The molecule has 206 valence electrons. The fourth-order valence-electron chi connectivity index (χ4n) is 5.86. The third-order valence-electron chi connectivity index (χ3n) is 8.34. The summed E-state index contributed by atoms with van der Waals surface area (Å²) in [5, 5.41) is 9.67. The predicted octanol–water partition coefficient (Wildman–Crippen LogP) is 9.71. The van der Waals surface area contributed by atoms with Gasteiger partial charge in [-0.1, -0.05) is 102 Å². The van der Waals surface area contributed by atoms with E-state index in [1.807, 2.05) is 18.2 Å². The Bertz CT molecular complexity index is 1010. The van der Waals surface area contributed by atoms with Crippen LogP contribution >= 0.6 is 0 Å². The Morgan fingerprint density at radius 1 is 0.895 bits per heavy atom. The molecule has 1 saturated carbocycles. The Kier molecular flexibility index (Phi) is 12.9. The molecule has 1 fully saturated rings. The molecule has 0 amide bonds. The van der Waals surface area contributed by atoms with Crippen LogP contribution in [-0.4, -0.2) is 5.97 Å². The number of nitrogens with zero attached hydrogens (tertiary/aromatic N) is 1. The van der Waals surface area contributed by atoms with E-state index in [9.17, 15) is 10.1 Å². The molecule has 0 N–H and O–H groups in total. The second-order valence-corrected chi connectivity index (χ2v) is 11.6. The molecule has 2 aromatic rings. The number of benzene rings is 2. The van der Waals surface area contributed by atoms with E-state index in [0.29, 0.717) is 23.1 Å². The van der Waals surface area contributed by atoms with Crippen molar-refractivity contribution in [2.75, 3.05) is 0 Å². The number of aryl methyl sites for hydroxylation is 1. The minimum atomic E-state index is -0.182. The van der Waals surface area contributed by atoms with Gasteiger partial charge in [0.05, 0.1) is 11.5 Å². The van der Waals surface area contributed by atoms with E-state index >= 15 is 0 Å². The van der Waals surface area contributed by atoms with Gasteiger partial charge >= 0.3 is 5.97 Å². The van der Waals surface area contributed by atoms with Crippen molar-refractivity contribution in [3.05, 3.63) is 64.7 Å². The van der Waals surface area contributed by atoms with Gasteiger partial charge in [-0.2, -0.15) is 5.26 Å². The molecule has 1 atom stereocenters. The van der Waals surface area contributed by atoms with Gasteiger partial charge in [0.2, 0.25) is 0 Å². The smallest absolute Gasteiger partial charge is 0.314 e. The molecule has 3 rings (SSSR count). The van der Waals surface area contributed by atoms with Crippen molar-refractivity contribution < 1.29 is 9.53 Å². The van der Waals surface area contributed by atoms with Crippen LogP contribution in [0, 0.1) is 23.2 Å². The number of hydrogen-bond acceptors (Lipinski definition) is 3. The molecule has 0 bridgehead atoms. The van der Waals surface area contributed by atoms with Gasteiger partial charge < -0.3 is 4.74 Å². The molecule has 0 aromatic heterocycles. The summed E-state index contributed by atoms with van der Waals surface area (Å²) < 4.78 is 5.76. The SMILES string of the molecule is CCCCCCCCc1ccc(C2CCC(C(=O)Oc3ccc(CC(C)CCCC)cc3C#N)CC2)cc1. The van der Waals surface area contributed by atoms with E-state index in [2.05, 4.69) is 51.1 Å². The van der Waals surface area contributed by atoms with Gasteiger partial charge in [0.15, 0.2) is 0 Å². The van der Waals surface area contributed by atoms with Crippen LogP contribution in [0.25, 0.3) is 0 Å². The molecule has 0 aliphatic heterocycles. The van der Waals surface area contributed by atoms with Crippen molar-refractivity contribution in [1.82, 2.24) is 0 Å². The molecule has 0 heterocycles. The molecule has 3 nitrogen and oxygen atoms in total. The molecule has 0 saturated heterocycles. The van der Waals surface area contributed by atoms with Gasteiger partial charge in [0.1, 0.15) is 11.8 Å². The summed E-state index contributed by atoms with van der Waals surface area (Å²) >= 11 is 0. The molecular weight excluding hydrogens is 466 g/mol. The van der Waals surface area contributed by atoms with Gasteiger partial charge in [-0.05, 0) is 85.6 Å². The van der Waals surface area contributed by atoms with E-state index in [0.717, 1.165) is 37.7 Å². The maximum Gasteiger partial charge on any atom is 0.314 e. The Hall–Kier alpha value is -2.60. The zero-order chi connectivity index (χ0) is 27.2. The van der Waals surface area contributed by atoms with Gasteiger partial charge in [0.25, 0.3) is 0 Å². The van der Waals surface area contributed by atoms with Crippen LogP contribution < -0.4 is 4.74 Å². The number of unbranched alkanes of at least 4 members (excludes halogenated alkanes) is 6. The Balaban J connectivity index is 1.45. The van der Waals surface area contributed by atoms with Crippen molar-refractivity contribution in [2.45, 2.75) is 123 Å². The molecule has 1 aliphatic rings. The predicted molar refractivity (Wildman–Crippen MR) is 157 cm³/mol. The second kappa shape index (κ2) is 16.4. The minimum absolute atomic E-state index is 0.0847. The second-order valence-electron chi connectivity index (χ2n) is 11.6. The summed E-state index contributed by atoms with van der Waals surface area (Å²) in [4.78, 5) is 13.0. The van der Waals surface area contributed by atoms with Crippen LogP contribution in [0.1, 0.15) is 132 Å². The lowest BCUT2D eigenvalue weighted by Crippen LogP contribution is -2.25.